The van der Waals surface area contributed by atoms with Gasteiger partial charge in [-0.05, 0) is 48.4 Å². The molecule has 0 fully saturated rings. The van der Waals surface area contributed by atoms with Gasteiger partial charge in [0, 0.05) is 4.47 Å². The topological polar surface area (TPSA) is 71.3 Å². The number of methoxy groups -OCH3 is 1. The van der Waals surface area contributed by atoms with E-state index in [9.17, 15) is 10.1 Å². The lowest BCUT2D eigenvalue weighted by Crippen LogP contribution is -2.13. The Morgan fingerprint density at radius 3 is 2.53 bits per heavy atom. The average molecular weight is 512 g/mol. The Kier molecular flexibility index (Phi) is 7.93. The monoisotopic (exact) mass is 510 g/mol. The van der Waals surface area contributed by atoms with Crippen LogP contribution in [0.5, 0.6) is 11.5 Å². The zero-order chi connectivity index (χ0) is 23.1. The molecule has 0 heterocycles. The lowest BCUT2D eigenvalue weighted by molar-refractivity contribution is -0.112. The Morgan fingerprint density at radius 2 is 1.88 bits per heavy atom. The number of halogens is 2. The maximum absolute atomic E-state index is 12.6. The zero-order valence-electron chi connectivity index (χ0n) is 17.5. The maximum atomic E-state index is 12.6. The van der Waals surface area contributed by atoms with Crippen molar-refractivity contribution in [3.05, 3.63) is 92.4 Å². The van der Waals surface area contributed by atoms with Crippen LogP contribution in [-0.2, 0) is 11.4 Å². The van der Waals surface area contributed by atoms with Crippen LogP contribution in [-0.4, -0.2) is 13.0 Å². The van der Waals surface area contributed by atoms with Crippen molar-refractivity contribution in [1.29, 1.82) is 5.26 Å². The van der Waals surface area contributed by atoms with Gasteiger partial charge in [-0.3, -0.25) is 4.79 Å². The number of aryl methyl sites for hydroxylation is 1. The lowest BCUT2D eigenvalue weighted by Gasteiger charge is -2.13. The number of benzene rings is 3. The molecule has 0 aliphatic heterocycles. The summed E-state index contributed by atoms with van der Waals surface area (Å²) in [5, 5.41) is 12.6. The summed E-state index contributed by atoms with van der Waals surface area (Å²) in [6, 6.07) is 20.3. The predicted molar refractivity (Wildman–Crippen MR) is 130 cm³/mol. The molecule has 0 spiro atoms. The zero-order valence-corrected chi connectivity index (χ0v) is 19.8. The number of hydrogen-bond acceptors (Lipinski definition) is 4. The highest BCUT2D eigenvalue weighted by atomic mass is 79.9. The first-order chi connectivity index (χ1) is 15.4. The van der Waals surface area contributed by atoms with Crippen LogP contribution in [0.25, 0.3) is 6.08 Å². The molecule has 32 heavy (non-hydrogen) atoms. The molecule has 162 valence electrons. The van der Waals surface area contributed by atoms with Gasteiger partial charge >= 0.3 is 0 Å². The van der Waals surface area contributed by atoms with Gasteiger partial charge in [0.15, 0.2) is 11.5 Å². The van der Waals surface area contributed by atoms with E-state index in [-0.39, 0.29) is 5.57 Å². The van der Waals surface area contributed by atoms with E-state index in [0.717, 1.165) is 5.56 Å². The second kappa shape index (κ2) is 10.9. The molecule has 0 saturated heterocycles. The number of nitriles is 1. The summed E-state index contributed by atoms with van der Waals surface area (Å²) in [6.45, 7) is 2.41. The van der Waals surface area contributed by atoms with Crippen LogP contribution >= 0.6 is 27.5 Å². The standard InChI is InChI=1S/C25H20BrClN2O3/c1-16-7-9-17(10-8-16)15-32-24-13-20(26)18(12-23(24)31-2)11-19(14-28)25(30)29-22-6-4-3-5-21(22)27/h3-13H,15H2,1-2H3,(H,29,30)/b19-11+. The van der Waals surface area contributed by atoms with Gasteiger partial charge in [0.25, 0.3) is 5.91 Å². The Morgan fingerprint density at radius 1 is 1.16 bits per heavy atom. The van der Waals surface area contributed by atoms with Gasteiger partial charge in [0.1, 0.15) is 18.2 Å². The van der Waals surface area contributed by atoms with E-state index in [1.165, 1.54) is 18.7 Å². The Bertz CT molecular complexity index is 1200. The summed E-state index contributed by atoms with van der Waals surface area (Å²) in [5.41, 5.74) is 3.14. The van der Waals surface area contributed by atoms with Crippen molar-refractivity contribution in [2.75, 3.05) is 12.4 Å². The fourth-order valence-electron chi connectivity index (χ4n) is 2.84. The van der Waals surface area contributed by atoms with Crippen LogP contribution < -0.4 is 14.8 Å². The van der Waals surface area contributed by atoms with E-state index >= 15 is 0 Å². The van der Waals surface area contributed by atoms with E-state index in [4.69, 9.17) is 21.1 Å². The van der Waals surface area contributed by atoms with Crippen LogP contribution in [0, 0.1) is 18.3 Å². The maximum Gasteiger partial charge on any atom is 0.266 e. The molecule has 3 aromatic rings. The summed E-state index contributed by atoms with van der Waals surface area (Å²) in [5.74, 6) is 0.456. The first-order valence-electron chi connectivity index (χ1n) is 9.65. The molecule has 3 rings (SSSR count). The third kappa shape index (κ3) is 5.91. The van der Waals surface area contributed by atoms with Crippen molar-refractivity contribution >= 4 is 45.2 Å². The molecule has 0 aliphatic carbocycles. The van der Waals surface area contributed by atoms with Gasteiger partial charge < -0.3 is 14.8 Å². The van der Waals surface area contributed by atoms with Crippen LogP contribution in [0.2, 0.25) is 5.02 Å². The summed E-state index contributed by atoms with van der Waals surface area (Å²) < 4.78 is 12.0. The van der Waals surface area contributed by atoms with Crippen LogP contribution in [0.3, 0.4) is 0 Å². The molecule has 0 bridgehead atoms. The van der Waals surface area contributed by atoms with Crippen LogP contribution in [0.15, 0.2) is 70.7 Å². The molecular weight excluding hydrogens is 492 g/mol. The molecule has 3 aromatic carbocycles. The van der Waals surface area contributed by atoms with Crippen LogP contribution in [0.1, 0.15) is 16.7 Å². The molecule has 0 aromatic heterocycles. The largest absolute Gasteiger partial charge is 0.493 e. The molecule has 0 aliphatic rings. The number of anilines is 1. The van der Waals surface area contributed by atoms with Crippen LogP contribution in [0.4, 0.5) is 5.69 Å². The fraction of sp³-hybridized carbons (Fsp3) is 0.120. The molecule has 7 heteroatoms. The first kappa shape index (κ1) is 23.4. The van der Waals surface area contributed by atoms with Crippen molar-refractivity contribution in [2.45, 2.75) is 13.5 Å². The molecule has 0 unspecified atom stereocenters. The van der Waals surface area contributed by atoms with E-state index in [0.29, 0.717) is 38.9 Å². The van der Waals surface area contributed by atoms with Gasteiger partial charge in [0.2, 0.25) is 0 Å². The highest BCUT2D eigenvalue weighted by molar-refractivity contribution is 9.10. The minimum atomic E-state index is -0.564. The number of nitrogens with one attached hydrogen (secondary N) is 1. The number of carbonyl (C=O) groups excluding carboxylic acids is 1. The number of nitrogens with zero attached hydrogens (tertiary/aromatic N) is 1. The van der Waals surface area contributed by atoms with Gasteiger partial charge in [-0.2, -0.15) is 5.26 Å². The summed E-state index contributed by atoms with van der Waals surface area (Å²) >= 11 is 9.57. The van der Waals surface area contributed by atoms with Crippen molar-refractivity contribution in [1.82, 2.24) is 0 Å². The minimum Gasteiger partial charge on any atom is -0.493 e. The molecule has 0 saturated carbocycles. The lowest BCUT2D eigenvalue weighted by atomic mass is 10.1. The van der Waals surface area contributed by atoms with Gasteiger partial charge in [-0.25, -0.2) is 0 Å². The smallest absolute Gasteiger partial charge is 0.266 e. The van der Waals surface area contributed by atoms with Crippen molar-refractivity contribution < 1.29 is 14.3 Å². The van der Waals surface area contributed by atoms with E-state index < -0.39 is 5.91 Å². The summed E-state index contributed by atoms with van der Waals surface area (Å²) in [4.78, 5) is 12.6. The average Bonchev–Trinajstić information content (AvgIpc) is 2.79. The molecule has 1 amide bonds. The second-order valence-corrected chi connectivity index (χ2v) is 8.16. The highest BCUT2D eigenvalue weighted by Gasteiger charge is 2.15. The normalized spacial score (nSPS) is 10.9. The predicted octanol–water partition coefficient (Wildman–Crippen LogP) is 6.54. The van der Waals surface area contributed by atoms with Crippen molar-refractivity contribution in [3.63, 3.8) is 0 Å². The SMILES string of the molecule is COc1cc(/C=C(\C#N)C(=O)Nc2ccccc2Cl)c(Br)cc1OCc1ccc(C)cc1. The van der Waals surface area contributed by atoms with Crippen molar-refractivity contribution in [2.24, 2.45) is 0 Å². The molecule has 5 nitrogen and oxygen atoms in total. The molecule has 1 N–H and O–H groups in total. The fourth-order valence-corrected chi connectivity index (χ4v) is 3.46. The highest BCUT2D eigenvalue weighted by Crippen LogP contribution is 2.35. The van der Waals surface area contributed by atoms with E-state index in [1.807, 2.05) is 37.3 Å². The minimum absolute atomic E-state index is 0.0824. The number of amides is 1. The quantitative estimate of drug-likeness (QED) is 0.289. The Labute approximate surface area is 200 Å². The Balaban J connectivity index is 1.82. The number of ether oxygens (including phenoxy) is 2. The third-order valence-electron chi connectivity index (χ3n) is 4.58. The number of hydrogen-bond donors (Lipinski definition) is 1. The Hall–Kier alpha value is -3.27. The molecule has 0 radical (unpaired) electrons. The van der Waals surface area contributed by atoms with Gasteiger partial charge in [-0.1, -0.05) is 69.5 Å². The number of rotatable bonds is 7. The number of para-hydroxylation sites is 1. The number of carbonyl (C=O) groups is 1. The summed E-state index contributed by atoms with van der Waals surface area (Å²) in [7, 11) is 1.53. The van der Waals surface area contributed by atoms with Gasteiger partial charge in [0.05, 0.1) is 17.8 Å². The first-order valence-corrected chi connectivity index (χ1v) is 10.8. The third-order valence-corrected chi connectivity index (χ3v) is 5.60. The second-order valence-electron chi connectivity index (χ2n) is 6.90. The summed E-state index contributed by atoms with van der Waals surface area (Å²) in [6.07, 6.45) is 1.47. The molecule has 0 atom stereocenters. The van der Waals surface area contributed by atoms with E-state index in [1.54, 1.807) is 36.4 Å². The van der Waals surface area contributed by atoms with Crippen molar-refractivity contribution in [3.8, 4) is 17.6 Å². The van der Waals surface area contributed by atoms with Gasteiger partial charge in [-0.15, -0.1) is 0 Å². The molecular formula is C25H20BrClN2O3. The van der Waals surface area contributed by atoms with E-state index in [2.05, 4.69) is 21.2 Å².